The Morgan fingerprint density at radius 3 is 2.35 bits per heavy atom. The van der Waals surface area contributed by atoms with Crippen LogP contribution >= 0.6 is 11.8 Å². The first-order valence-corrected chi connectivity index (χ1v) is 10.0. The number of thioether (sulfide) groups is 1. The average molecular weight is 380 g/mol. The Morgan fingerprint density at radius 2 is 1.80 bits per heavy atom. The molecule has 0 atom stereocenters. The summed E-state index contributed by atoms with van der Waals surface area (Å²) >= 11 is 1.73. The molecule has 0 amide bonds. The molecule has 6 heteroatoms. The predicted octanol–water partition coefficient (Wildman–Crippen LogP) is -1.36. The Bertz CT molecular complexity index is 472. The van der Waals surface area contributed by atoms with Gasteiger partial charge in [-0.15, -0.1) is 18.2 Å². The maximum atomic E-state index is 6.10. The third-order valence-electron chi connectivity index (χ3n) is 2.15. The smallest absolute Gasteiger partial charge is 1.00 e. The zero-order chi connectivity index (χ0) is 12.3. The summed E-state index contributed by atoms with van der Waals surface area (Å²) in [6.45, 7) is 6.61. The number of benzene rings is 1. The van der Waals surface area contributed by atoms with Gasteiger partial charge >= 0.3 is 21.7 Å². The van der Waals surface area contributed by atoms with Gasteiger partial charge in [-0.1, -0.05) is 12.1 Å². The summed E-state index contributed by atoms with van der Waals surface area (Å²) in [4.78, 5) is 2.38. The van der Waals surface area contributed by atoms with Gasteiger partial charge in [0.05, 0.1) is 0 Å². The number of hydrogen-bond acceptors (Lipinski definition) is 2. The second-order valence-electron chi connectivity index (χ2n) is 4.91. The van der Waals surface area contributed by atoms with Gasteiger partial charge in [0.1, 0.15) is 5.75 Å². The number of rotatable bonds is 4. The van der Waals surface area contributed by atoms with E-state index in [9.17, 15) is 0 Å². The molecule has 0 saturated carbocycles. The molecule has 20 heavy (non-hydrogen) atoms. The van der Waals surface area contributed by atoms with Crippen molar-refractivity contribution in [2.75, 3.05) is 0 Å². The van der Waals surface area contributed by atoms with Gasteiger partial charge in [-0.2, -0.15) is 11.0 Å². The summed E-state index contributed by atoms with van der Waals surface area (Å²) in [6, 6.07) is 8.25. The Morgan fingerprint density at radius 1 is 1.15 bits per heavy atom. The van der Waals surface area contributed by atoms with Gasteiger partial charge in [0.25, 0.3) is 0 Å². The van der Waals surface area contributed by atoms with E-state index >= 15 is 0 Å². The molecule has 0 spiro atoms. The number of halogens is 2. The molecule has 1 aliphatic rings. The minimum atomic E-state index is -1.55. The van der Waals surface area contributed by atoms with Gasteiger partial charge in [0, 0.05) is 4.90 Å². The van der Waals surface area contributed by atoms with Crippen LogP contribution in [0.5, 0.6) is 5.75 Å². The summed E-state index contributed by atoms with van der Waals surface area (Å²) in [6.07, 6.45) is 8.50. The molecule has 2 rings (SSSR count). The summed E-state index contributed by atoms with van der Waals surface area (Å²) in [5, 5.41) is 0. The minimum Gasteiger partial charge on any atom is -1.00 e. The van der Waals surface area contributed by atoms with Crippen LogP contribution in [0.15, 0.2) is 46.2 Å². The first-order valence-electron chi connectivity index (χ1n) is 5.78. The van der Waals surface area contributed by atoms with E-state index in [2.05, 4.69) is 56.1 Å². The largest absolute Gasteiger partial charge is 3.00 e. The third kappa shape index (κ3) is 7.39. The molecule has 1 aromatic carbocycles. The third-order valence-corrected chi connectivity index (χ3v) is 4.04. The summed E-state index contributed by atoms with van der Waals surface area (Å²) in [5.74, 6) is 1.01. The molecular formula is C14H17Cl2OSSiTi. The minimum absolute atomic E-state index is 0. The Balaban J connectivity index is 0. The van der Waals surface area contributed by atoms with Crippen LogP contribution < -0.4 is 29.2 Å². The summed E-state index contributed by atoms with van der Waals surface area (Å²) in [5.41, 5.74) is 0. The quantitative estimate of drug-likeness (QED) is 0.472. The van der Waals surface area contributed by atoms with Gasteiger partial charge in [0.2, 0.25) is 8.32 Å². The van der Waals surface area contributed by atoms with Crippen LogP contribution in [0.3, 0.4) is 0 Å². The predicted molar refractivity (Wildman–Crippen MR) is 76.8 cm³/mol. The standard InChI is InChI=1S/C14H17OSSi.2ClH.Ti/c1-17(2,3)15-13-10-6-7-11-14(13)16-12-8-4-5-9-12;;;/h4,6-8,10-11H,5H2,1-3H3;2*1H;/q-1;;;+3/p-2. The number of allylic oxidation sites excluding steroid dienone is 3. The van der Waals surface area contributed by atoms with E-state index in [1.807, 2.05) is 6.07 Å². The van der Waals surface area contributed by atoms with Crippen molar-refractivity contribution in [2.45, 2.75) is 31.0 Å². The van der Waals surface area contributed by atoms with Gasteiger partial charge < -0.3 is 29.2 Å². The number of hydrogen-bond donors (Lipinski definition) is 0. The van der Waals surface area contributed by atoms with E-state index in [0.29, 0.717) is 0 Å². The molecule has 0 heterocycles. The van der Waals surface area contributed by atoms with Crippen molar-refractivity contribution in [2.24, 2.45) is 0 Å². The molecule has 0 unspecified atom stereocenters. The molecule has 0 aliphatic heterocycles. The molecule has 1 aromatic rings. The van der Waals surface area contributed by atoms with Crippen LogP contribution in [0.25, 0.3) is 0 Å². The van der Waals surface area contributed by atoms with Gasteiger partial charge in [-0.3, -0.25) is 6.08 Å². The van der Waals surface area contributed by atoms with Crippen molar-refractivity contribution >= 4 is 20.1 Å². The average Bonchev–Trinajstić information content (AvgIpc) is 2.71. The molecule has 0 saturated heterocycles. The van der Waals surface area contributed by atoms with Crippen LogP contribution in [0.4, 0.5) is 0 Å². The fourth-order valence-electron chi connectivity index (χ4n) is 1.52. The van der Waals surface area contributed by atoms with Crippen molar-refractivity contribution in [3.05, 3.63) is 47.4 Å². The second-order valence-corrected chi connectivity index (χ2v) is 10.4. The Kier molecular flexibility index (Phi) is 11.5. The summed E-state index contributed by atoms with van der Waals surface area (Å²) < 4.78 is 6.10. The summed E-state index contributed by atoms with van der Waals surface area (Å²) in [7, 11) is -1.55. The maximum absolute atomic E-state index is 6.10. The Hall–Kier alpha value is 0.361. The normalized spacial score (nSPS) is 12.7. The number of para-hydroxylation sites is 1. The van der Waals surface area contributed by atoms with Crippen LogP contribution in [-0.4, -0.2) is 8.32 Å². The van der Waals surface area contributed by atoms with Gasteiger partial charge in [-0.05, 0) is 31.8 Å². The van der Waals surface area contributed by atoms with E-state index in [1.54, 1.807) is 11.8 Å². The fraction of sp³-hybridized carbons (Fsp3) is 0.286. The van der Waals surface area contributed by atoms with Crippen molar-refractivity contribution in [3.63, 3.8) is 0 Å². The molecule has 0 aromatic heterocycles. The SMILES string of the molecule is C[Si](C)(C)Oc1ccccc1SC1=[C-]CC=C1.[Cl-].[Cl-].[Ti+3]. The monoisotopic (exact) mass is 379 g/mol. The molecule has 107 valence electrons. The molecule has 0 bridgehead atoms. The van der Waals surface area contributed by atoms with Crippen LogP contribution in [0.1, 0.15) is 6.42 Å². The topological polar surface area (TPSA) is 9.23 Å². The van der Waals surface area contributed by atoms with E-state index in [-0.39, 0.29) is 46.5 Å². The Labute approximate surface area is 154 Å². The second kappa shape index (κ2) is 10.1. The van der Waals surface area contributed by atoms with Crippen molar-refractivity contribution in [1.29, 1.82) is 0 Å². The fourth-order valence-corrected chi connectivity index (χ4v) is 3.35. The van der Waals surface area contributed by atoms with Crippen LogP contribution in [0, 0.1) is 6.08 Å². The molecule has 1 radical (unpaired) electrons. The van der Waals surface area contributed by atoms with E-state index < -0.39 is 8.32 Å². The van der Waals surface area contributed by atoms with Crippen LogP contribution in [-0.2, 0) is 21.7 Å². The van der Waals surface area contributed by atoms with E-state index in [1.165, 1.54) is 9.80 Å². The van der Waals surface area contributed by atoms with E-state index in [4.69, 9.17) is 4.43 Å². The van der Waals surface area contributed by atoms with Gasteiger partial charge in [0.15, 0.2) is 0 Å². The first kappa shape index (κ1) is 22.6. The van der Waals surface area contributed by atoms with E-state index in [0.717, 1.165) is 12.2 Å². The molecule has 1 aliphatic carbocycles. The molecular weight excluding hydrogens is 363 g/mol. The van der Waals surface area contributed by atoms with Crippen LogP contribution in [0.2, 0.25) is 19.6 Å². The molecule has 0 N–H and O–H groups in total. The van der Waals surface area contributed by atoms with Crippen molar-refractivity contribution in [3.8, 4) is 5.75 Å². The maximum Gasteiger partial charge on any atom is 3.00 e. The van der Waals surface area contributed by atoms with Crippen molar-refractivity contribution in [1.82, 2.24) is 0 Å². The van der Waals surface area contributed by atoms with Gasteiger partial charge in [-0.25, -0.2) is 6.08 Å². The first-order chi connectivity index (χ1) is 8.04. The van der Waals surface area contributed by atoms with Crippen molar-refractivity contribution < 1.29 is 51.0 Å². The zero-order valence-electron chi connectivity index (χ0n) is 11.7. The molecule has 0 fully saturated rings. The molecule has 1 nitrogen and oxygen atoms in total. The zero-order valence-corrected chi connectivity index (χ0v) is 16.6.